The molecule has 0 aliphatic carbocycles. The van der Waals surface area contributed by atoms with Crippen molar-refractivity contribution in [3.05, 3.63) is 42.2 Å². The molecule has 96 valence electrons. The molecule has 1 heterocycles. The van der Waals surface area contributed by atoms with Crippen LogP contribution in [-0.2, 0) is 13.6 Å². The zero-order valence-corrected chi connectivity index (χ0v) is 10.9. The predicted molar refractivity (Wildman–Crippen MR) is 72.3 cm³/mol. The molecule has 1 N–H and O–H groups in total. The molecule has 2 aromatic rings. The highest BCUT2D eigenvalue weighted by atomic mass is 16.5. The Morgan fingerprint density at radius 2 is 2.00 bits per heavy atom. The van der Waals surface area contributed by atoms with Crippen molar-refractivity contribution in [2.24, 2.45) is 7.05 Å². The molecule has 0 fully saturated rings. The summed E-state index contributed by atoms with van der Waals surface area (Å²) in [5.74, 6) is 1.57. The number of aryl methyl sites for hydroxylation is 1. The van der Waals surface area contributed by atoms with Crippen LogP contribution in [0, 0.1) is 0 Å². The zero-order valence-electron chi connectivity index (χ0n) is 10.9. The molecule has 0 saturated carbocycles. The van der Waals surface area contributed by atoms with Crippen LogP contribution in [0.25, 0.3) is 0 Å². The van der Waals surface area contributed by atoms with Crippen LogP contribution in [0.15, 0.2) is 36.7 Å². The molecule has 0 saturated heterocycles. The molecule has 0 aliphatic heterocycles. The van der Waals surface area contributed by atoms with E-state index >= 15 is 0 Å². The molecule has 0 spiro atoms. The molecule has 0 unspecified atom stereocenters. The fourth-order valence-corrected chi connectivity index (χ4v) is 1.81. The molecule has 1 aromatic heterocycles. The lowest BCUT2D eigenvalue weighted by Gasteiger charge is -2.11. The Bertz CT molecular complexity index is 520. The van der Waals surface area contributed by atoms with Crippen LogP contribution in [-0.4, -0.2) is 18.8 Å². The third-order valence-corrected chi connectivity index (χ3v) is 2.78. The van der Waals surface area contributed by atoms with Crippen LogP contribution in [0.4, 0.5) is 5.69 Å². The van der Waals surface area contributed by atoms with E-state index in [0.717, 1.165) is 23.7 Å². The van der Waals surface area contributed by atoms with Crippen molar-refractivity contribution in [3.8, 4) is 11.5 Å². The lowest BCUT2D eigenvalue weighted by atomic mass is 10.2. The number of hydrogen-bond acceptors (Lipinski definition) is 3. The van der Waals surface area contributed by atoms with E-state index in [1.807, 2.05) is 36.0 Å². The molecule has 2 rings (SSSR count). The number of rotatable bonds is 5. The van der Waals surface area contributed by atoms with Crippen molar-refractivity contribution >= 4 is 5.69 Å². The van der Waals surface area contributed by atoms with Gasteiger partial charge in [0.15, 0.2) is 0 Å². The molecule has 4 nitrogen and oxygen atoms in total. The van der Waals surface area contributed by atoms with Crippen LogP contribution in [0.3, 0.4) is 0 Å². The van der Waals surface area contributed by atoms with Gasteiger partial charge in [-0.2, -0.15) is 0 Å². The van der Waals surface area contributed by atoms with E-state index in [4.69, 9.17) is 9.47 Å². The Kier molecular flexibility index (Phi) is 3.77. The van der Waals surface area contributed by atoms with Gasteiger partial charge in [-0.25, -0.2) is 0 Å². The van der Waals surface area contributed by atoms with Gasteiger partial charge in [0, 0.05) is 32.1 Å². The van der Waals surface area contributed by atoms with Gasteiger partial charge in [0.25, 0.3) is 0 Å². The average molecular weight is 246 g/mol. The zero-order chi connectivity index (χ0) is 13.0. The van der Waals surface area contributed by atoms with Gasteiger partial charge in [0.1, 0.15) is 11.5 Å². The molecule has 0 radical (unpaired) electrons. The Hall–Kier alpha value is -2.10. The normalized spacial score (nSPS) is 10.2. The maximum atomic E-state index is 5.33. The summed E-state index contributed by atoms with van der Waals surface area (Å²) in [5.41, 5.74) is 2.19. The molecule has 0 atom stereocenters. The van der Waals surface area contributed by atoms with Crippen LogP contribution >= 0.6 is 0 Å². The molecule has 4 heteroatoms. The number of methoxy groups -OCH3 is 2. The third-order valence-electron chi connectivity index (χ3n) is 2.78. The largest absolute Gasteiger partial charge is 0.497 e. The lowest BCUT2D eigenvalue weighted by Crippen LogP contribution is -2.01. The highest BCUT2D eigenvalue weighted by Crippen LogP contribution is 2.29. The van der Waals surface area contributed by atoms with Crippen molar-refractivity contribution in [1.29, 1.82) is 0 Å². The first-order valence-corrected chi connectivity index (χ1v) is 5.79. The number of nitrogens with one attached hydrogen (secondary N) is 1. The highest BCUT2D eigenvalue weighted by molar-refractivity contribution is 5.59. The average Bonchev–Trinajstić information content (AvgIpc) is 2.82. The minimum absolute atomic E-state index is 0.767. The van der Waals surface area contributed by atoms with E-state index in [2.05, 4.69) is 17.6 Å². The standard InChI is InChI=1S/C14H18N2O2/c1-16-7-6-11(10-16)9-15-13-5-4-12(17-2)8-14(13)18-3/h4-8,10,15H,9H2,1-3H3. The number of anilines is 1. The summed E-state index contributed by atoms with van der Waals surface area (Å²) in [4.78, 5) is 0. The Morgan fingerprint density at radius 3 is 2.61 bits per heavy atom. The van der Waals surface area contributed by atoms with Gasteiger partial charge in [-0.3, -0.25) is 0 Å². The molecule has 18 heavy (non-hydrogen) atoms. The highest BCUT2D eigenvalue weighted by Gasteiger charge is 2.04. The molecule has 0 bridgehead atoms. The number of nitrogens with zero attached hydrogens (tertiary/aromatic N) is 1. The first-order valence-electron chi connectivity index (χ1n) is 5.79. The van der Waals surface area contributed by atoms with Crippen molar-refractivity contribution in [2.45, 2.75) is 6.54 Å². The van der Waals surface area contributed by atoms with Gasteiger partial charge in [-0.1, -0.05) is 0 Å². The fraction of sp³-hybridized carbons (Fsp3) is 0.286. The fourth-order valence-electron chi connectivity index (χ4n) is 1.81. The topological polar surface area (TPSA) is 35.4 Å². The van der Waals surface area contributed by atoms with Crippen LogP contribution in [0.1, 0.15) is 5.56 Å². The van der Waals surface area contributed by atoms with Gasteiger partial charge in [0.2, 0.25) is 0 Å². The smallest absolute Gasteiger partial charge is 0.145 e. The maximum Gasteiger partial charge on any atom is 0.145 e. The number of ether oxygens (including phenoxy) is 2. The van der Waals surface area contributed by atoms with E-state index < -0.39 is 0 Å². The Labute approximate surface area is 107 Å². The van der Waals surface area contributed by atoms with Crippen LogP contribution in [0.2, 0.25) is 0 Å². The van der Waals surface area contributed by atoms with Gasteiger partial charge in [0.05, 0.1) is 19.9 Å². The summed E-state index contributed by atoms with van der Waals surface area (Å²) in [6.07, 6.45) is 4.12. The van der Waals surface area contributed by atoms with Crippen molar-refractivity contribution in [2.75, 3.05) is 19.5 Å². The van der Waals surface area contributed by atoms with Gasteiger partial charge >= 0.3 is 0 Å². The van der Waals surface area contributed by atoms with E-state index in [9.17, 15) is 0 Å². The molecular weight excluding hydrogens is 228 g/mol. The maximum absolute atomic E-state index is 5.33. The third kappa shape index (κ3) is 2.77. The van der Waals surface area contributed by atoms with Crippen LogP contribution in [0.5, 0.6) is 11.5 Å². The lowest BCUT2D eigenvalue weighted by molar-refractivity contribution is 0.395. The minimum Gasteiger partial charge on any atom is -0.497 e. The first kappa shape index (κ1) is 12.4. The Morgan fingerprint density at radius 1 is 1.17 bits per heavy atom. The monoisotopic (exact) mass is 246 g/mol. The second-order valence-electron chi connectivity index (χ2n) is 4.10. The van der Waals surface area contributed by atoms with Gasteiger partial charge < -0.3 is 19.4 Å². The van der Waals surface area contributed by atoms with E-state index in [1.54, 1.807) is 14.2 Å². The number of hydrogen-bond donors (Lipinski definition) is 1. The SMILES string of the molecule is COc1ccc(NCc2ccn(C)c2)c(OC)c1. The summed E-state index contributed by atoms with van der Waals surface area (Å²) in [6.45, 7) is 0.767. The Balaban J connectivity index is 2.08. The van der Waals surface area contributed by atoms with E-state index in [0.29, 0.717) is 0 Å². The molecule has 1 aromatic carbocycles. The van der Waals surface area contributed by atoms with E-state index in [-0.39, 0.29) is 0 Å². The quantitative estimate of drug-likeness (QED) is 0.881. The number of aromatic nitrogens is 1. The predicted octanol–water partition coefficient (Wildman–Crippen LogP) is 2.65. The van der Waals surface area contributed by atoms with E-state index in [1.165, 1.54) is 5.56 Å². The van der Waals surface area contributed by atoms with Crippen molar-refractivity contribution in [3.63, 3.8) is 0 Å². The summed E-state index contributed by atoms with van der Waals surface area (Å²) in [6, 6.07) is 7.83. The van der Waals surface area contributed by atoms with Gasteiger partial charge in [-0.05, 0) is 23.8 Å². The van der Waals surface area contributed by atoms with Crippen molar-refractivity contribution < 1.29 is 9.47 Å². The van der Waals surface area contributed by atoms with Crippen LogP contribution < -0.4 is 14.8 Å². The second kappa shape index (κ2) is 5.49. The summed E-state index contributed by atoms with van der Waals surface area (Å²) < 4.78 is 12.5. The molecular formula is C14H18N2O2. The summed E-state index contributed by atoms with van der Waals surface area (Å²) in [7, 11) is 5.31. The minimum atomic E-state index is 0.767. The van der Waals surface area contributed by atoms with Crippen molar-refractivity contribution in [1.82, 2.24) is 4.57 Å². The first-order chi connectivity index (χ1) is 8.72. The molecule has 0 amide bonds. The number of benzene rings is 1. The molecule has 0 aliphatic rings. The summed E-state index contributed by atoms with van der Waals surface area (Å²) in [5, 5.41) is 3.35. The second-order valence-corrected chi connectivity index (χ2v) is 4.10. The summed E-state index contributed by atoms with van der Waals surface area (Å²) >= 11 is 0. The van der Waals surface area contributed by atoms with Gasteiger partial charge in [-0.15, -0.1) is 0 Å².